The molecule has 0 radical (unpaired) electrons. The van der Waals surface area contributed by atoms with Crippen molar-refractivity contribution < 1.29 is 0 Å². The molecule has 15 heavy (non-hydrogen) atoms. The molecule has 0 aromatic heterocycles. The Balaban J connectivity index is 2.23. The van der Waals surface area contributed by atoms with Crippen LogP contribution in [0, 0.1) is 5.41 Å². The van der Waals surface area contributed by atoms with Crippen molar-refractivity contribution in [2.75, 3.05) is 0 Å². The minimum absolute atomic E-state index is 0.309. The molecule has 0 spiro atoms. The van der Waals surface area contributed by atoms with Crippen LogP contribution in [0.15, 0.2) is 18.2 Å². The summed E-state index contributed by atoms with van der Waals surface area (Å²) in [5.41, 5.74) is 5.27. The molecule has 0 heteroatoms. The first-order valence-corrected chi connectivity index (χ1v) is 5.90. The van der Waals surface area contributed by atoms with E-state index in [4.69, 9.17) is 0 Å². The van der Waals surface area contributed by atoms with Crippen LogP contribution in [0.1, 0.15) is 57.7 Å². The molecule has 82 valence electrons. The van der Waals surface area contributed by atoms with Crippen LogP contribution in [-0.4, -0.2) is 0 Å². The van der Waals surface area contributed by atoms with E-state index in [-0.39, 0.29) is 0 Å². The average Bonchev–Trinajstić information content (AvgIpc) is 1.98. The Morgan fingerprint density at radius 3 is 1.80 bits per heavy atom. The Morgan fingerprint density at radius 1 is 0.933 bits per heavy atom. The Bertz CT molecular complexity index is 357. The summed E-state index contributed by atoms with van der Waals surface area (Å²) in [4.78, 5) is 0. The summed E-state index contributed by atoms with van der Waals surface area (Å²) in [6.45, 7) is 11.7. The highest BCUT2D eigenvalue weighted by Crippen LogP contribution is 2.38. The average molecular weight is 202 g/mol. The molecule has 2 bridgehead atoms. The van der Waals surface area contributed by atoms with Crippen molar-refractivity contribution in [1.29, 1.82) is 0 Å². The minimum Gasteiger partial charge on any atom is -0.0601 e. The normalized spacial score (nSPS) is 15.0. The summed E-state index contributed by atoms with van der Waals surface area (Å²) in [7, 11) is 0. The second-order valence-corrected chi connectivity index (χ2v) is 6.84. The van der Waals surface area contributed by atoms with Crippen molar-refractivity contribution >= 4 is 0 Å². The topological polar surface area (TPSA) is 0 Å². The molecule has 0 atom stereocenters. The maximum Gasteiger partial charge on any atom is -0.00254 e. The molecule has 0 unspecified atom stereocenters. The smallest absolute Gasteiger partial charge is 0.00254 e. The van der Waals surface area contributed by atoms with Gasteiger partial charge in [-0.1, -0.05) is 52.8 Å². The van der Waals surface area contributed by atoms with Crippen molar-refractivity contribution in [3.05, 3.63) is 34.9 Å². The second-order valence-electron chi connectivity index (χ2n) is 6.84. The number of hydrogen-bond acceptors (Lipinski definition) is 0. The van der Waals surface area contributed by atoms with Gasteiger partial charge in [-0.05, 0) is 40.4 Å². The molecule has 3 rings (SSSR count). The molecule has 0 aliphatic heterocycles. The van der Waals surface area contributed by atoms with Crippen LogP contribution in [0.5, 0.6) is 0 Å². The van der Waals surface area contributed by atoms with E-state index < -0.39 is 0 Å². The summed E-state index contributed by atoms with van der Waals surface area (Å²) in [6.07, 6.45) is 2.44. The standard InChI is InChI=1S/C15H22/c1-14(2,3)10-15(4,5)13-8-11-6-12(7-11)9-13/h6,8-9H,7,10H2,1-5H3. The van der Waals surface area contributed by atoms with Gasteiger partial charge in [0.25, 0.3) is 0 Å². The molecule has 1 aromatic rings. The van der Waals surface area contributed by atoms with Crippen molar-refractivity contribution in [1.82, 2.24) is 0 Å². The fourth-order valence-corrected chi connectivity index (χ4v) is 2.89. The maximum atomic E-state index is 2.39. The van der Waals surface area contributed by atoms with Crippen LogP contribution < -0.4 is 0 Å². The number of rotatable bonds is 2. The van der Waals surface area contributed by atoms with E-state index in [9.17, 15) is 0 Å². The molecule has 0 heterocycles. The predicted octanol–water partition coefficient (Wildman–Crippen LogP) is 4.30. The lowest BCUT2D eigenvalue weighted by molar-refractivity contribution is 0.283. The highest BCUT2D eigenvalue weighted by molar-refractivity contribution is 5.44. The third-order valence-corrected chi connectivity index (χ3v) is 3.21. The summed E-state index contributed by atoms with van der Waals surface area (Å²) >= 11 is 0. The number of benzene rings is 1. The second kappa shape index (κ2) is 3.10. The van der Waals surface area contributed by atoms with Crippen molar-refractivity contribution in [2.24, 2.45) is 5.41 Å². The van der Waals surface area contributed by atoms with Gasteiger partial charge in [0.2, 0.25) is 0 Å². The lowest BCUT2D eigenvalue weighted by atomic mass is 9.70. The molecular formula is C15H22. The van der Waals surface area contributed by atoms with Crippen LogP contribution in [-0.2, 0) is 11.8 Å². The Morgan fingerprint density at radius 2 is 1.40 bits per heavy atom. The molecule has 0 fully saturated rings. The lowest BCUT2D eigenvalue weighted by Gasteiger charge is -2.35. The van der Waals surface area contributed by atoms with E-state index >= 15 is 0 Å². The lowest BCUT2D eigenvalue weighted by Crippen LogP contribution is -2.26. The van der Waals surface area contributed by atoms with Crippen molar-refractivity contribution in [3.63, 3.8) is 0 Å². The Hall–Kier alpha value is -0.780. The summed E-state index contributed by atoms with van der Waals surface area (Å²) in [5.74, 6) is 0. The van der Waals surface area contributed by atoms with Crippen LogP contribution in [0.4, 0.5) is 0 Å². The van der Waals surface area contributed by atoms with E-state index in [1.54, 1.807) is 0 Å². The first-order chi connectivity index (χ1) is 6.76. The minimum atomic E-state index is 0.309. The first-order valence-electron chi connectivity index (χ1n) is 5.90. The van der Waals surface area contributed by atoms with Crippen molar-refractivity contribution in [2.45, 2.75) is 52.9 Å². The quantitative estimate of drug-likeness (QED) is 0.681. The largest absolute Gasteiger partial charge is 0.0601 e. The molecule has 2 aliphatic rings. The SMILES string of the molecule is CC(C)(C)CC(C)(C)c1cc2cc(c1)C2. The van der Waals surface area contributed by atoms with E-state index in [2.05, 4.69) is 52.8 Å². The van der Waals surface area contributed by atoms with Gasteiger partial charge in [-0.25, -0.2) is 0 Å². The van der Waals surface area contributed by atoms with Gasteiger partial charge in [0.15, 0.2) is 0 Å². The predicted molar refractivity (Wildman–Crippen MR) is 66.3 cm³/mol. The molecule has 0 saturated carbocycles. The van der Waals surface area contributed by atoms with Gasteiger partial charge in [0.1, 0.15) is 0 Å². The highest BCUT2D eigenvalue weighted by Gasteiger charge is 2.28. The van der Waals surface area contributed by atoms with Gasteiger partial charge in [0.05, 0.1) is 0 Å². The van der Waals surface area contributed by atoms with Crippen LogP contribution in [0.2, 0.25) is 0 Å². The maximum absolute atomic E-state index is 2.39. The third kappa shape index (κ3) is 2.25. The molecule has 0 nitrogen and oxygen atoms in total. The number of hydrogen-bond donors (Lipinski definition) is 0. The third-order valence-electron chi connectivity index (χ3n) is 3.21. The molecule has 0 saturated heterocycles. The van der Waals surface area contributed by atoms with Crippen LogP contribution in [0.25, 0.3) is 0 Å². The number of fused-ring (bicyclic) bond motifs is 2. The van der Waals surface area contributed by atoms with E-state index in [0.29, 0.717) is 10.8 Å². The van der Waals surface area contributed by atoms with Gasteiger partial charge >= 0.3 is 0 Å². The van der Waals surface area contributed by atoms with Gasteiger partial charge in [-0.15, -0.1) is 0 Å². The van der Waals surface area contributed by atoms with Gasteiger partial charge in [0, 0.05) is 0 Å². The highest BCUT2D eigenvalue weighted by atomic mass is 14.3. The fourth-order valence-electron chi connectivity index (χ4n) is 2.89. The molecule has 0 amide bonds. The monoisotopic (exact) mass is 202 g/mol. The van der Waals surface area contributed by atoms with E-state index in [0.717, 1.165) is 0 Å². The van der Waals surface area contributed by atoms with Crippen molar-refractivity contribution in [3.8, 4) is 0 Å². The summed E-state index contributed by atoms with van der Waals surface area (Å²) in [5, 5.41) is 0. The Labute approximate surface area is 93.7 Å². The van der Waals surface area contributed by atoms with Crippen LogP contribution in [0.3, 0.4) is 0 Å². The summed E-state index contributed by atoms with van der Waals surface area (Å²) < 4.78 is 0. The van der Waals surface area contributed by atoms with Gasteiger partial charge in [-0.3, -0.25) is 0 Å². The van der Waals surface area contributed by atoms with E-state index in [1.165, 1.54) is 29.5 Å². The first kappa shape index (κ1) is 10.7. The zero-order valence-corrected chi connectivity index (χ0v) is 10.6. The zero-order chi connectivity index (χ0) is 11.3. The molecule has 2 aliphatic carbocycles. The fraction of sp³-hybridized carbons (Fsp3) is 0.600. The summed E-state index contributed by atoms with van der Waals surface area (Å²) in [6, 6.07) is 7.08. The van der Waals surface area contributed by atoms with Gasteiger partial charge in [-0.2, -0.15) is 0 Å². The van der Waals surface area contributed by atoms with Gasteiger partial charge < -0.3 is 0 Å². The van der Waals surface area contributed by atoms with Crippen LogP contribution >= 0.6 is 0 Å². The Kier molecular flexibility index (Phi) is 2.22. The zero-order valence-electron chi connectivity index (χ0n) is 10.6. The molecule has 1 aromatic carbocycles. The molecular weight excluding hydrogens is 180 g/mol. The molecule has 0 N–H and O–H groups in total. The van der Waals surface area contributed by atoms with E-state index in [1.807, 2.05) is 0 Å².